The smallest absolute Gasteiger partial charge is 0.00791 e. The van der Waals surface area contributed by atoms with Gasteiger partial charge in [-0.05, 0) is 36.8 Å². The van der Waals surface area contributed by atoms with E-state index in [4.69, 9.17) is 0 Å². The summed E-state index contributed by atoms with van der Waals surface area (Å²) in [6, 6.07) is 5.21. The van der Waals surface area contributed by atoms with E-state index in [2.05, 4.69) is 29.8 Å². The standard InChI is InChI=1S/C10H15NS/c1-2-11-9-6-8(7-9)10-4-3-5-12-10/h3-5,8-9,11H,2,6-7H2,1H3. The van der Waals surface area contributed by atoms with E-state index in [0.717, 1.165) is 18.5 Å². The lowest BCUT2D eigenvalue weighted by Gasteiger charge is -2.35. The van der Waals surface area contributed by atoms with Crippen LogP contribution >= 0.6 is 11.3 Å². The summed E-state index contributed by atoms with van der Waals surface area (Å²) in [6.07, 6.45) is 2.68. The molecule has 12 heavy (non-hydrogen) atoms. The highest BCUT2D eigenvalue weighted by Crippen LogP contribution is 2.38. The van der Waals surface area contributed by atoms with Gasteiger partial charge >= 0.3 is 0 Å². The topological polar surface area (TPSA) is 12.0 Å². The highest BCUT2D eigenvalue weighted by Gasteiger charge is 2.29. The zero-order valence-electron chi connectivity index (χ0n) is 7.42. The quantitative estimate of drug-likeness (QED) is 0.756. The minimum Gasteiger partial charge on any atom is -0.314 e. The second kappa shape index (κ2) is 3.58. The molecule has 0 aromatic carbocycles. The van der Waals surface area contributed by atoms with Crippen LogP contribution in [-0.4, -0.2) is 12.6 Å². The molecule has 0 atom stereocenters. The molecule has 1 aromatic rings. The first-order valence-electron chi connectivity index (χ1n) is 4.67. The van der Waals surface area contributed by atoms with Crippen molar-refractivity contribution in [1.29, 1.82) is 0 Å². The molecular weight excluding hydrogens is 166 g/mol. The Morgan fingerprint density at radius 2 is 2.42 bits per heavy atom. The zero-order valence-corrected chi connectivity index (χ0v) is 8.23. The first-order valence-corrected chi connectivity index (χ1v) is 5.55. The molecule has 1 saturated carbocycles. The Hall–Kier alpha value is -0.340. The van der Waals surface area contributed by atoms with Crippen LogP contribution in [0, 0.1) is 0 Å². The summed E-state index contributed by atoms with van der Waals surface area (Å²) >= 11 is 1.90. The molecule has 1 fully saturated rings. The molecule has 0 aliphatic heterocycles. The lowest BCUT2D eigenvalue weighted by atomic mass is 9.79. The van der Waals surface area contributed by atoms with Gasteiger partial charge < -0.3 is 5.32 Å². The van der Waals surface area contributed by atoms with E-state index >= 15 is 0 Å². The van der Waals surface area contributed by atoms with Crippen molar-refractivity contribution in [3.63, 3.8) is 0 Å². The van der Waals surface area contributed by atoms with Gasteiger partial charge in [0.15, 0.2) is 0 Å². The maximum atomic E-state index is 3.48. The van der Waals surface area contributed by atoms with Crippen LogP contribution in [0.15, 0.2) is 17.5 Å². The van der Waals surface area contributed by atoms with Gasteiger partial charge in [-0.3, -0.25) is 0 Å². The Labute approximate surface area is 77.8 Å². The minimum absolute atomic E-state index is 0.794. The first-order chi connectivity index (χ1) is 5.90. The highest BCUT2D eigenvalue weighted by atomic mass is 32.1. The van der Waals surface area contributed by atoms with E-state index in [1.54, 1.807) is 4.88 Å². The van der Waals surface area contributed by atoms with E-state index in [-0.39, 0.29) is 0 Å². The van der Waals surface area contributed by atoms with Crippen molar-refractivity contribution in [1.82, 2.24) is 5.32 Å². The maximum absolute atomic E-state index is 3.48. The molecule has 1 aromatic heterocycles. The molecule has 0 bridgehead atoms. The molecule has 1 aliphatic carbocycles. The SMILES string of the molecule is CCNC1CC(c2cccs2)C1. The monoisotopic (exact) mass is 181 g/mol. The second-order valence-electron chi connectivity index (χ2n) is 3.44. The lowest BCUT2D eigenvalue weighted by molar-refractivity contribution is 0.299. The van der Waals surface area contributed by atoms with Crippen LogP contribution in [0.25, 0.3) is 0 Å². The summed E-state index contributed by atoms with van der Waals surface area (Å²) in [5.74, 6) is 0.856. The molecule has 1 aliphatic rings. The van der Waals surface area contributed by atoms with Crippen molar-refractivity contribution >= 4 is 11.3 Å². The van der Waals surface area contributed by atoms with Crippen LogP contribution in [0.3, 0.4) is 0 Å². The van der Waals surface area contributed by atoms with Gasteiger partial charge in [0, 0.05) is 10.9 Å². The van der Waals surface area contributed by atoms with Gasteiger partial charge in [-0.25, -0.2) is 0 Å². The van der Waals surface area contributed by atoms with Crippen LogP contribution in [0.4, 0.5) is 0 Å². The van der Waals surface area contributed by atoms with Gasteiger partial charge in [0.2, 0.25) is 0 Å². The minimum atomic E-state index is 0.794. The van der Waals surface area contributed by atoms with E-state index in [9.17, 15) is 0 Å². The lowest BCUT2D eigenvalue weighted by Crippen LogP contribution is -2.39. The predicted molar refractivity (Wildman–Crippen MR) is 53.8 cm³/mol. The van der Waals surface area contributed by atoms with Gasteiger partial charge in [-0.15, -0.1) is 11.3 Å². The van der Waals surface area contributed by atoms with Crippen LogP contribution in [0.5, 0.6) is 0 Å². The Balaban J connectivity index is 1.82. The van der Waals surface area contributed by atoms with Crippen LogP contribution < -0.4 is 5.32 Å². The van der Waals surface area contributed by atoms with E-state index in [1.807, 2.05) is 11.3 Å². The Bertz CT molecular complexity index is 224. The van der Waals surface area contributed by atoms with Crippen molar-refractivity contribution in [2.45, 2.75) is 31.7 Å². The third-order valence-corrected chi connectivity index (χ3v) is 3.61. The molecule has 1 heterocycles. The molecule has 1 N–H and O–H groups in total. The summed E-state index contributed by atoms with van der Waals surface area (Å²) in [7, 11) is 0. The largest absolute Gasteiger partial charge is 0.314 e. The molecule has 0 spiro atoms. The van der Waals surface area contributed by atoms with Gasteiger partial charge in [-0.2, -0.15) is 0 Å². The van der Waals surface area contributed by atoms with E-state index in [1.165, 1.54) is 12.8 Å². The summed E-state index contributed by atoms with van der Waals surface area (Å²) in [6.45, 7) is 3.29. The number of nitrogens with one attached hydrogen (secondary N) is 1. The Kier molecular flexibility index (Phi) is 2.47. The first kappa shape index (κ1) is 8.27. The van der Waals surface area contributed by atoms with Crippen molar-refractivity contribution in [2.75, 3.05) is 6.54 Å². The van der Waals surface area contributed by atoms with Gasteiger partial charge in [0.1, 0.15) is 0 Å². The van der Waals surface area contributed by atoms with Crippen molar-refractivity contribution in [3.05, 3.63) is 22.4 Å². The van der Waals surface area contributed by atoms with Crippen LogP contribution in [0.1, 0.15) is 30.6 Å². The number of hydrogen-bond acceptors (Lipinski definition) is 2. The number of thiophene rings is 1. The molecule has 1 nitrogen and oxygen atoms in total. The van der Waals surface area contributed by atoms with E-state index < -0.39 is 0 Å². The Morgan fingerprint density at radius 3 is 3.00 bits per heavy atom. The summed E-state index contributed by atoms with van der Waals surface area (Å²) in [5.41, 5.74) is 0. The molecule has 0 radical (unpaired) electrons. The molecule has 2 rings (SSSR count). The maximum Gasteiger partial charge on any atom is 0.00791 e. The molecule has 2 heteroatoms. The molecule has 0 amide bonds. The highest BCUT2D eigenvalue weighted by molar-refractivity contribution is 7.10. The van der Waals surface area contributed by atoms with Gasteiger partial charge in [-0.1, -0.05) is 13.0 Å². The average molecular weight is 181 g/mol. The van der Waals surface area contributed by atoms with Gasteiger partial charge in [0.25, 0.3) is 0 Å². The van der Waals surface area contributed by atoms with Crippen LogP contribution in [0.2, 0.25) is 0 Å². The van der Waals surface area contributed by atoms with E-state index in [0.29, 0.717) is 0 Å². The second-order valence-corrected chi connectivity index (χ2v) is 4.42. The molecular formula is C10H15NS. The third kappa shape index (κ3) is 1.54. The fraction of sp³-hybridized carbons (Fsp3) is 0.600. The summed E-state index contributed by atoms with van der Waals surface area (Å²) in [5, 5.41) is 5.66. The fourth-order valence-corrected chi connectivity index (χ4v) is 2.69. The van der Waals surface area contributed by atoms with Crippen LogP contribution in [-0.2, 0) is 0 Å². The van der Waals surface area contributed by atoms with Crippen molar-refractivity contribution in [3.8, 4) is 0 Å². The normalized spacial score (nSPS) is 28.4. The third-order valence-electron chi connectivity index (χ3n) is 2.58. The summed E-state index contributed by atoms with van der Waals surface area (Å²) < 4.78 is 0. The number of hydrogen-bond donors (Lipinski definition) is 1. The average Bonchev–Trinajstić information content (AvgIpc) is 2.47. The molecule has 66 valence electrons. The predicted octanol–water partition coefficient (Wildman–Crippen LogP) is 2.60. The molecule has 0 unspecified atom stereocenters. The number of rotatable bonds is 3. The van der Waals surface area contributed by atoms with Gasteiger partial charge in [0.05, 0.1) is 0 Å². The van der Waals surface area contributed by atoms with Crippen molar-refractivity contribution < 1.29 is 0 Å². The fourth-order valence-electron chi connectivity index (χ4n) is 1.83. The summed E-state index contributed by atoms with van der Waals surface area (Å²) in [4.78, 5) is 1.57. The van der Waals surface area contributed by atoms with Crippen molar-refractivity contribution in [2.24, 2.45) is 0 Å². The Morgan fingerprint density at radius 1 is 1.58 bits per heavy atom. The molecule has 0 saturated heterocycles. The zero-order chi connectivity index (χ0) is 8.39.